The van der Waals surface area contributed by atoms with E-state index < -0.39 is 0 Å². The van der Waals surface area contributed by atoms with Gasteiger partial charge in [-0.15, -0.1) is 48.0 Å². The summed E-state index contributed by atoms with van der Waals surface area (Å²) in [5.41, 5.74) is 10.7. The third kappa shape index (κ3) is 17.5. The SMILES string of the molecule is I.I.NCCCCCCCCN. The van der Waals surface area contributed by atoms with Crippen LogP contribution in [0.1, 0.15) is 38.5 Å². The smallest absolute Gasteiger partial charge is 0.00773 e. The Bertz CT molecular complexity index is 55.0. The molecule has 0 spiro atoms. The predicted octanol–water partition coefficient (Wildman–Crippen LogP) is 2.48. The Kier molecular flexibility index (Phi) is 28.9. The Morgan fingerprint density at radius 2 is 0.750 bits per heavy atom. The van der Waals surface area contributed by atoms with Crippen LogP contribution < -0.4 is 11.5 Å². The van der Waals surface area contributed by atoms with E-state index in [0.717, 1.165) is 13.1 Å². The molecule has 0 fully saturated rings. The van der Waals surface area contributed by atoms with Gasteiger partial charge in [-0.3, -0.25) is 0 Å². The number of halogens is 2. The molecule has 0 amide bonds. The van der Waals surface area contributed by atoms with Gasteiger partial charge in [0.25, 0.3) is 0 Å². The normalized spacial score (nSPS) is 8.50. The Labute approximate surface area is 110 Å². The van der Waals surface area contributed by atoms with Gasteiger partial charge in [-0.1, -0.05) is 25.7 Å². The van der Waals surface area contributed by atoms with Crippen LogP contribution in [-0.4, -0.2) is 13.1 Å². The Hall–Kier alpha value is 1.38. The van der Waals surface area contributed by atoms with Crippen molar-refractivity contribution in [3.8, 4) is 0 Å². The van der Waals surface area contributed by atoms with Crippen molar-refractivity contribution in [1.82, 2.24) is 0 Å². The van der Waals surface area contributed by atoms with Gasteiger partial charge in [-0.25, -0.2) is 0 Å². The average Bonchev–Trinajstić information content (AvgIpc) is 1.97. The molecule has 0 atom stereocenters. The van der Waals surface area contributed by atoms with E-state index in [4.69, 9.17) is 11.5 Å². The lowest BCUT2D eigenvalue weighted by molar-refractivity contribution is 0.601. The summed E-state index contributed by atoms with van der Waals surface area (Å²) < 4.78 is 0. The zero-order valence-electron chi connectivity index (χ0n) is 7.63. The second kappa shape index (κ2) is 18.2. The van der Waals surface area contributed by atoms with Crippen LogP contribution in [0.2, 0.25) is 0 Å². The second-order valence-electron chi connectivity index (χ2n) is 2.70. The predicted molar refractivity (Wildman–Crippen MR) is 76.6 cm³/mol. The highest BCUT2D eigenvalue weighted by Crippen LogP contribution is 2.03. The van der Waals surface area contributed by atoms with E-state index in [1.54, 1.807) is 0 Å². The third-order valence-corrected chi connectivity index (χ3v) is 1.66. The van der Waals surface area contributed by atoms with Gasteiger partial charge in [-0.2, -0.15) is 0 Å². The molecule has 0 aromatic rings. The summed E-state index contributed by atoms with van der Waals surface area (Å²) in [5.74, 6) is 0. The lowest BCUT2D eigenvalue weighted by Crippen LogP contribution is -1.99. The fourth-order valence-corrected chi connectivity index (χ4v) is 0.996. The molecule has 4 N–H and O–H groups in total. The van der Waals surface area contributed by atoms with Crippen molar-refractivity contribution in [1.29, 1.82) is 0 Å². The molecule has 0 bridgehead atoms. The molecule has 0 radical (unpaired) electrons. The van der Waals surface area contributed by atoms with E-state index in [0.29, 0.717) is 0 Å². The van der Waals surface area contributed by atoms with Crippen molar-refractivity contribution in [3.63, 3.8) is 0 Å². The maximum absolute atomic E-state index is 5.35. The largest absolute Gasteiger partial charge is 0.330 e. The Balaban J connectivity index is -0.000000405. The monoisotopic (exact) mass is 400 g/mol. The number of unbranched alkanes of at least 4 members (excludes halogenated alkanes) is 5. The van der Waals surface area contributed by atoms with E-state index in [-0.39, 0.29) is 48.0 Å². The van der Waals surface area contributed by atoms with Gasteiger partial charge in [0.05, 0.1) is 0 Å². The van der Waals surface area contributed by atoms with E-state index in [2.05, 4.69) is 0 Å². The van der Waals surface area contributed by atoms with Crippen molar-refractivity contribution < 1.29 is 0 Å². The summed E-state index contributed by atoms with van der Waals surface area (Å²) in [5, 5.41) is 0. The second-order valence-corrected chi connectivity index (χ2v) is 2.70. The highest BCUT2D eigenvalue weighted by Gasteiger charge is 1.87. The minimum absolute atomic E-state index is 0. The molecule has 0 aromatic heterocycles. The van der Waals surface area contributed by atoms with Crippen molar-refractivity contribution in [2.75, 3.05) is 13.1 Å². The number of hydrogen-bond donors (Lipinski definition) is 2. The lowest BCUT2D eigenvalue weighted by Gasteiger charge is -1.97. The van der Waals surface area contributed by atoms with E-state index in [1.807, 2.05) is 0 Å². The van der Waals surface area contributed by atoms with E-state index in [1.165, 1.54) is 38.5 Å². The van der Waals surface area contributed by atoms with Crippen LogP contribution in [0.5, 0.6) is 0 Å². The van der Waals surface area contributed by atoms with Gasteiger partial charge in [0.15, 0.2) is 0 Å². The quantitative estimate of drug-likeness (QED) is 0.510. The van der Waals surface area contributed by atoms with Crippen molar-refractivity contribution >= 4 is 48.0 Å². The van der Waals surface area contributed by atoms with Crippen molar-refractivity contribution in [3.05, 3.63) is 0 Å². The molecule has 0 saturated heterocycles. The standard InChI is InChI=1S/C8H20N2.2HI/c9-7-5-3-1-2-4-6-8-10;;/h1-10H2;2*1H. The first-order chi connectivity index (χ1) is 4.91. The van der Waals surface area contributed by atoms with Gasteiger partial charge in [0.2, 0.25) is 0 Å². The summed E-state index contributed by atoms with van der Waals surface area (Å²) in [7, 11) is 0. The van der Waals surface area contributed by atoms with Gasteiger partial charge >= 0.3 is 0 Å². The molecule has 12 heavy (non-hydrogen) atoms. The molecule has 0 aliphatic rings. The third-order valence-electron chi connectivity index (χ3n) is 1.66. The number of hydrogen-bond acceptors (Lipinski definition) is 2. The molecule has 0 aliphatic carbocycles. The van der Waals surface area contributed by atoms with Crippen LogP contribution in [-0.2, 0) is 0 Å². The maximum atomic E-state index is 5.35. The summed E-state index contributed by atoms with van der Waals surface area (Å²) in [4.78, 5) is 0. The zero-order chi connectivity index (χ0) is 7.66. The molecule has 2 nitrogen and oxygen atoms in total. The molecule has 78 valence electrons. The fraction of sp³-hybridized carbons (Fsp3) is 1.00. The van der Waals surface area contributed by atoms with Crippen LogP contribution in [0.15, 0.2) is 0 Å². The van der Waals surface area contributed by atoms with Gasteiger partial charge in [-0.05, 0) is 25.9 Å². The van der Waals surface area contributed by atoms with Crippen LogP contribution in [0.3, 0.4) is 0 Å². The topological polar surface area (TPSA) is 52.0 Å². The highest BCUT2D eigenvalue weighted by molar-refractivity contribution is 14.0. The van der Waals surface area contributed by atoms with Gasteiger partial charge in [0.1, 0.15) is 0 Å². The Morgan fingerprint density at radius 1 is 0.500 bits per heavy atom. The number of rotatable bonds is 7. The van der Waals surface area contributed by atoms with E-state index in [9.17, 15) is 0 Å². The minimum atomic E-state index is 0. The molecule has 0 saturated carbocycles. The van der Waals surface area contributed by atoms with Gasteiger partial charge in [0, 0.05) is 0 Å². The first-order valence-electron chi connectivity index (χ1n) is 4.32. The molecule has 0 heterocycles. The minimum Gasteiger partial charge on any atom is -0.330 e. The highest BCUT2D eigenvalue weighted by atomic mass is 127. The summed E-state index contributed by atoms with van der Waals surface area (Å²) in [6, 6.07) is 0. The molecule has 4 heteroatoms. The first-order valence-corrected chi connectivity index (χ1v) is 4.32. The molecular weight excluding hydrogens is 378 g/mol. The average molecular weight is 400 g/mol. The Morgan fingerprint density at radius 3 is 1.00 bits per heavy atom. The molecular formula is C8H22I2N2. The first kappa shape index (κ1) is 19.0. The van der Waals surface area contributed by atoms with Crippen molar-refractivity contribution in [2.24, 2.45) is 11.5 Å². The molecule has 0 aromatic carbocycles. The zero-order valence-corrected chi connectivity index (χ0v) is 12.3. The van der Waals surface area contributed by atoms with Crippen LogP contribution in [0, 0.1) is 0 Å². The van der Waals surface area contributed by atoms with Gasteiger partial charge < -0.3 is 11.5 Å². The molecule has 0 unspecified atom stereocenters. The van der Waals surface area contributed by atoms with Crippen LogP contribution in [0.4, 0.5) is 0 Å². The molecule has 0 aliphatic heterocycles. The van der Waals surface area contributed by atoms with E-state index >= 15 is 0 Å². The number of nitrogens with two attached hydrogens (primary N) is 2. The fourth-order valence-electron chi connectivity index (χ4n) is 0.996. The summed E-state index contributed by atoms with van der Waals surface area (Å²) >= 11 is 0. The van der Waals surface area contributed by atoms with Crippen LogP contribution in [0.25, 0.3) is 0 Å². The summed E-state index contributed by atoms with van der Waals surface area (Å²) in [6.07, 6.45) is 7.61. The lowest BCUT2D eigenvalue weighted by atomic mass is 10.1. The molecule has 0 rings (SSSR count). The maximum Gasteiger partial charge on any atom is -0.00773 e. The summed E-state index contributed by atoms with van der Waals surface area (Å²) in [6.45, 7) is 1.69. The van der Waals surface area contributed by atoms with Crippen molar-refractivity contribution in [2.45, 2.75) is 38.5 Å². The van der Waals surface area contributed by atoms with Crippen LogP contribution >= 0.6 is 48.0 Å².